The molecule has 0 aliphatic rings. The largest absolute Gasteiger partial charge is 0.502 e. The first-order valence-corrected chi connectivity index (χ1v) is 9.95. The molecule has 3 aromatic rings. The quantitative estimate of drug-likeness (QED) is 0.217. The lowest BCUT2D eigenvalue weighted by Crippen LogP contribution is -2.38. The minimum atomic E-state index is -4.47. The molecular weight excluding hydrogens is 421 g/mol. The van der Waals surface area contributed by atoms with E-state index in [4.69, 9.17) is 12.2 Å². The monoisotopic (exact) mass is 443 g/mol. The number of thiocarbonyl (C=S) groups is 1. The summed E-state index contributed by atoms with van der Waals surface area (Å²) >= 11 is 5.52. The van der Waals surface area contributed by atoms with E-state index in [0.717, 1.165) is 28.8 Å². The summed E-state index contributed by atoms with van der Waals surface area (Å²) in [5.74, 6) is -0.0804. The summed E-state index contributed by atoms with van der Waals surface area (Å²) in [5.41, 5.74) is 3.21. The van der Waals surface area contributed by atoms with Crippen LogP contribution < -0.4 is 9.88 Å². The van der Waals surface area contributed by atoms with Crippen molar-refractivity contribution < 1.29 is 22.8 Å². The number of nitrogens with zero attached hydrogens (tertiary/aromatic N) is 1. The number of benzene rings is 2. The van der Waals surface area contributed by atoms with Gasteiger partial charge >= 0.3 is 6.18 Å². The van der Waals surface area contributed by atoms with Crippen molar-refractivity contribution in [1.82, 2.24) is 0 Å². The number of hydrogen-bond donors (Lipinski definition) is 2. The van der Waals surface area contributed by atoms with Crippen molar-refractivity contribution in [3.63, 3.8) is 0 Å². The molecule has 0 saturated carbocycles. The molecule has 31 heavy (non-hydrogen) atoms. The van der Waals surface area contributed by atoms with Crippen LogP contribution in [0.3, 0.4) is 0 Å². The molecule has 2 N–H and O–H groups in total. The molecule has 0 spiro atoms. The fourth-order valence-electron chi connectivity index (χ4n) is 3.07. The molecule has 0 bridgehead atoms. The van der Waals surface area contributed by atoms with Crippen LogP contribution in [0, 0.1) is 20.8 Å². The highest BCUT2D eigenvalue weighted by Gasteiger charge is 2.31. The van der Waals surface area contributed by atoms with Gasteiger partial charge in [-0.05, 0) is 62.2 Å². The van der Waals surface area contributed by atoms with Gasteiger partial charge in [-0.15, -0.1) is 0 Å². The number of rotatable bonds is 4. The zero-order valence-electron chi connectivity index (χ0n) is 17.3. The highest BCUT2D eigenvalue weighted by Crippen LogP contribution is 2.31. The van der Waals surface area contributed by atoms with Crippen LogP contribution in [-0.4, -0.2) is 10.1 Å². The second-order valence-corrected chi connectivity index (χ2v) is 7.73. The standard InChI is InChI=1S/C24H21F3N2OS/c1-15-6-5-11-29(14-15)21(22(30)18-10-9-16(2)17(3)12-18)23(31)28-20-8-4-7-19(13-20)24(25,26)27/h4-14H,1-3H3,(H-,28,30,31)/p+1. The van der Waals surface area contributed by atoms with Crippen LogP contribution in [0.5, 0.6) is 0 Å². The van der Waals surface area contributed by atoms with E-state index in [0.29, 0.717) is 5.56 Å². The Hall–Kier alpha value is -3.19. The Morgan fingerprint density at radius 3 is 2.35 bits per heavy atom. The fraction of sp³-hybridized carbons (Fsp3) is 0.167. The number of alkyl halides is 3. The molecule has 160 valence electrons. The molecule has 0 aliphatic carbocycles. The number of halogens is 3. The second-order valence-electron chi connectivity index (χ2n) is 7.32. The lowest BCUT2D eigenvalue weighted by molar-refractivity contribution is -0.576. The molecule has 3 nitrogen and oxygen atoms in total. The number of anilines is 1. The van der Waals surface area contributed by atoms with Gasteiger partial charge in [0.05, 0.1) is 5.56 Å². The fourth-order valence-corrected chi connectivity index (χ4v) is 3.39. The van der Waals surface area contributed by atoms with Crippen LogP contribution in [0.2, 0.25) is 0 Å². The number of nitrogens with one attached hydrogen (secondary N) is 1. The van der Waals surface area contributed by atoms with E-state index in [1.54, 1.807) is 29.1 Å². The van der Waals surface area contributed by atoms with Gasteiger partial charge in [0.15, 0.2) is 23.1 Å². The average Bonchev–Trinajstić information content (AvgIpc) is 2.70. The van der Waals surface area contributed by atoms with Gasteiger partial charge in [-0.2, -0.15) is 17.7 Å². The summed E-state index contributed by atoms with van der Waals surface area (Å²) in [6, 6.07) is 14.0. The molecule has 0 fully saturated rings. The molecule has 0 unspecified atom stereocenters. The summed E-state index contributed by atoms with van der Waals surface area (Å²) in [5, 5.41) is 14.0. The summed E-state index contributed by atoms with van der Waals surface area (Å²) in [4.78, 5) is 0.0886. The zero-order chi connectivity index (χ0) is 22.8. The van der Waals surface area contributed by atoms with Crippen molar-refractivity contribution in [2.75, 3.05) is 5.32 Å². The maximum absolute atomic E-state index is 13.1. The Labute approximate surface area is 184 Å². The van der Waals surface area contributed by atoms with Crippen molar-refractivity contribution >= 4 is 34.3 Å². The van der Waals surface area contributed by atoms with Crippen LogP contribution >= 0.6 is 12.2 Å². The minimum Gasteiger partial charge on any atom is -0.502 e. The predicted octanol–water partition coefficient (Wildman–Crippen LogP) is 6.24. The van der Waals surface area contributed by atoms with Gasteiger partial charge in [0.1, 0.15) is 0 Å². The second kappa shape index (κ2) is 8.89. The van der Waals surface area contributed by atoms with E-state index in [2.05, 4.69) is 5.32 Å². The SMILES string of the molecule is Cc1ccc[n+](C(C(=S)Nc2cccc(C(F)(F)F)c2)=C(O)c2ccc(C)c(C)c2)c1. The first-order chi connectivity index (χ1) is 14.6. The van der Waals surface area contributed by atoms with Gasteiger partial charge < -0.3 is 10.4 Å². The maximum Gasteiger partial charge on any atom is 0.416 e. The van der Waals surface area contributed by atoms with Crippen LogP contribution in [0.1, 0.15) is 27.8 Å². The third-order valence-electron chi connectivity index (χ3n) is 4.87. The summed E-state index contributed by atoms with van der Waals surface area (Å²) in [6.45, 7) is 5.80. The molecule has 0 amide bonds. The lowest BCUT2D eigenvalue weighted by Gasteiger charge is -2.13. The Balaban J connectivity index is 2.08. The van der Waals surface area contributed by atoms with Crippen molar-refractivity contribution in [2.24, 2.45) is 0 Å². The van der Waals surface area contributed by atoms with Gasteiger partial charge in [0.25, 0.3) is 5.70 Å². The summed E-state index contributed by atoms with van der Waals surface area (Å²) in [6.07, 6.45) is -0.961. The van der Waals surface area contributed by atoms with E-state index in [1.165, 1.54) is 12.1 Å². The van der Waals surface area contributed by atoms with Gasteiger partial charge in [0, 0.05) is 22.9 Å². The molecule has 0 radical (unpaired) electrons. The topological polar surface area (TPSA) is 36.1 Å². The van der Waals surface area contributed by atoms with Crippen molar-refractivity contribution in [3.05, 3.63) is 94.8 Å². The van der Waals surface area contributed by atoms with Gasteiger partial charge in [-0.3, -0.25) is 0 Å². The van der Waals surface area contributed by atoms with Crippen molar-refractivity contribution in [2.45, 2.75) is 26.9 Å². The third kappa shape index (κ3) is 5.30. The minimum absolute atomic E-state index is 0.0804. The normalized spacial score (nSPS) is 12.3. The summed E-state index contributed by atoms with van der Waals surface area (Å²) < 4.78 is 40.9. The molecule has 0 aliphatic heterocycles. The lowest BCUT2D eigenvalue weighted by atomic mass is 10.0. The van der Waals surface area contributed by atoms with Crippen LogP contribution in [0.25, 0.3) is 11.5 Å². The Kier molecular flexibility index (Phi) is 6.45. The first kappa shape index (κ1) is 22.5. The van der Waals surface area contributed by atoms with Gasteiger partial charge in [-0.1, -0.05) is 30.4 Å². The number of pyridine rings is 1. The van der Waals surface area contributed by atoms with Crippen molar-refractivity contribution in [3.8, 4) is 0 Å². The Morgan fingerprint density at radius 2 is 1.71 bits per heavy atom. The molecule has 3 rings (SSSR count). The van der Waals surface area contributed by atoms with Gasteiger partial charge in [-0.25, -0.2) is 0 Å². The molecule has 2 aromatic carbocycles. The van der Waals surface area contributed by atoms with Gasteiger partial charge in [0.2, 0.25) is 0 Å². The first-order valence-electron chi connectivity index (χ1n) is 9.54. The third-order valence-corrected chi connectivity index (χ3v) is 5.17. The molecular formula is C24H22F3N2OS+. The number of aromatic nitrogens is 1. The van der Waals surface area contributed by atoms with Crippen LogP contribution in [0.15, 0.2) is 67.0 Å². The predicted molar refractivity (Wildman–Crippen MR) is 121 cm³/mol. The number of aliphatic hydroxyl groups is 1. The van der Waals surface area contributed by atoms with E-state index in [1.807, 2.05) is 39.0 Å². The van der Waals surface area contributed by atoms with E-state index >= 15 is 0 Å². The van der Waals surface area contributed by atoms with Crippen LogP contribution in [-0.2, 0) is 6.18 Å². The molecule has 1 aromatic heterocycles. The number of aliphatic hydroxyl groups excluding tert-OH is 1. The number of hydrogen-bond acceptors (Lipinski definition) is 2. The molecule has 0 atom stereocenters. The van der Waals surface area contributed by atoms with Crippen molar-refractivity contribution in [1.29, 1.82) is 0 Å². The van der Waals surface area contributed by atoms with E-state index in [-0.39, 0.29) is 22.1 Å². The highest BCUT2D eigenvalue weighted by molar-refractivity contribution is 7.81. The molecule has 7 heteroatoms. The highest BCUT2D eigenvalue weighted by atomic mass is 32.1. The Bertz CT molecular complexity index is 1170. The van der Waals surface area contributed by atoms with E-state index < -0.39 is 11.7 Å². The average molecular weight is 444 g/mol. The van der Waals surface area contributed by atoms with Crippen LogP contribution in [0.4, 0.5) is 18.9 Å². The molecule has 1 heterocycles. The Morgan fingerprint density at radius 1 is 0.968 bits per heavy atom. The number of aryl methyl sites for hydroxylation is 3. The molecule has 0 saturated heterocycles. The maximum atomic E-state index is 13.1. The smallest absolute Gasteiger partial charge is 0.416 e. The summed E-state index contributed by atoms with van der Waals surface area (Å²) in [7, 11) is 0. The zero-order valence-corrected chi connectivity index (χ0v) is 18.1. The van der Waals surface area contributed by atoms with E-state index in [9.17, 15) is 18.3 Å².